The maximum Gasteiger partial charge on any atom is 0.129 e. The van der Waals surface area contributed by atoms with E-state index in [1.54, 1.807) is 12.1 Å². The van der Waals surface area contributed by atoms with Crippen LogP contribution in [0.15, 0.2) is 46.9 Å². The molecule has 0 amide bonds. The Bertz CT molecular complexity index is 725. The van der Waals surface area contributed by atoms with Crippen LogP contribution in [0.3, 0.4) is 0 Å². The fraction of sp³-hybridized carbons (Fsp3) is 0.133. The minimum Gasteiger partial charge on any atom is -0.388 e. The third-order valence-corrected chi connectivity index (χ3v) is 4.58. The van der Waals surface area contributed by atoms with Gasteiger partial charge in [0, 0.05) is 16.5 Å². The number of thiazole rings is 1. The lowest BCUT2D eigenvalue weighted by Gasteiger charge is -2.10. The standard InChI is InChI=1S/C15H11BrFNOS/c16-9-5-6-11(17)10(7-9)13(19)8-15-18-12-3-1-2-4-14(12)20-15/h1-7,13,19H,8H2. The number of hydrogen-bond acceptors (Lipinski definition) is 3. The molecule has 0 fully saturated rings. The molecule has 0 saturated carbocycles. The van der Waals surface area contributed by atoms with Gasteiger partial charge in [-0.25, -0.2) is 9.37 Å². The maximum absolute atomic E-state index is 13.7. The van der Waals surface area contributed by atoms with Gasteiger partial charge in [0.2, 0.25) is 0 Å². The number of fused-ring (bicyclic) bond motifs is 1. The fourth-order valence-electron chi connectivity index (χ4n) is 2.05. The van der Waals surface area contributed by atoms with Gasteiger partial charge in [-0.2, -0.15) is 0 Å². The SMILES string of the molecule is OC(Cc1nc2ccccc2s1)c1cc(Br)ccc1F. The molecule has 2 aromatic carbocycles. The topological polar surface area (TPSA) is 33.1 Å². The predicted octanol–water partition coefficient (Wildman–Crippen LogP) is 4.47. The third-order valence-electron chi connectivity index (χ3n) is 3.02. The molecule has 5 heteroatoms. The van der Waals surface area contributed by atoms with Crippen molar-refractivity contribution in [3.8, 4) is 0 Å². The summed E-state index contributed by atoms with van der Waals surface area (Å²) in [5.74, 6) is -0.401. The summed E-state index contributed by atoms with van der Waals surface area (Å²) in [6, 6.07) is 12.4. The van der Waals surface area contributed by atoms with E-state index in [4.69, 9.17) is 0 Å². The molecule has 0 spiro atoms. The molecule has 3 aromatic rings. The minimum atomic E-state index is -0.895. The smallest absolute Gasteiger partial charge is 0.129 e. The highest BCUT2D eigenvalue weighted by Gasteiger charge is 2.16. The van der Waals surface area contributed by atoms with Gasteiger partial charge in [-0.1, -0.05) is 28.1 Å². The number of benzene rings is 2. The first kappa shape index (κ1) is 13.7. The Balaban J connectivity index is 1.88. The quantitative estimate of drug-likeness (QED) is 0.754. The Hall–Kier alpha value is -1.30. The first-order valence-corrected chi connectivity index (χ1v) is 7.72. The van der Waals surface area contributed by atoms with Crippen molar-refractivity contribution in [3.05, 3.63) is 63.3 Å². The van der Waals surface area contributed by atoms with Gasteiger partial charge < -0.3 is 5.11 Å². The molecule has 1 unspecified atom stereocenters. The summed E-state index contributed by atoms with van der Waals surface area (Å²) in [5, 5.41) is 11.0. The minimum absolute atomic E-state index is 0.290. The van der Waals surface area contributed by atoms with E-state index in [0.29, 0.717) is 12.0 Å². The molecule has 1 aromatic heterocycles. The van der Waals surface area contributed by atoms with Gasteiger partial charge in [-0.05, 0) is 30.3 Å². The van der Waals surface area contributed by atoms with Gasteiger partial charge in [0.1, 0.15) is 5.82 Å². The van der Waals surface area contributed by atoms with Crippen LogP contribution in [0.4, 0.5) is 4.39 Å². The lowest BCUT2D eigenvalue weighted by atomic mass is 10.1. The molecule has 1 heterocycles. The van der Waals surface area contributed by atoms with Crippen LogP contribution < -0.4 is 0 Å². The lowest BCUT2D eigenvalue weighted by molar-refractivity contribution is 0.173. The molecular formula is C15H11BrFNOS. The predicted molar refractivity (Wildman–Crippen MR) is 82.4 cm³/mol. The van der Waals surface area contributed by atoms with Crippen LogP contribution in [0.25, 0.3) is 10.2 Å². The normalized spacial score (nSPS) is 12.8. The van der Waals surface area contributed by atoms with Crippen molar-refractivity contribution in [2.24, 2.45) is 0 Å². The van der Waals surface area contributed by atoms with E-state index < -0.39 is 11.9 Å². The van der Waals surface area contributed by atoms with E-state index in [-0.39, 0.29) is 0 Å². The highest BCUT2D eigenvalue weighted by atomic mass is 79.9. The number of nitrogens with zero attached hydrogens (tertiary/aromatic N) is 1. The van der Waals surface area contributed by atoms with Gasteiger partial charge in [0.25, 0.3) is 0 Å². The molecule has 1 N–H and O–H groups in total. The van der Waals surface area contributed by atoms with Crippen molar-refractivity contribution in [2.45, 2.75) is 12.5 Å². The van der Waals surface area contributed by atoms with Crippen LogP contribution in [0.1, 0.15) is 16.7 Å². The van der Waals surface area contributed by atoms with E-state index in [9.17, 15) is 9.50 Å². The van der Waals surface area contributed by atoms with Crippen molar-refractivity contribution in [3.63, 3.8) is 0 Å². The second-order valence-corrected chi connectivity index (χ2v) is 6.49. The molecule has 2 nitrogen and oxygen atoms in total. The molecule has 0 aliphatic rings. The van der Waals surface area contributed by atoms with Crippen LogP contribution in [-0.2, 0) is 6.42 Å². The summed E-state index contributed by atoms with van der Waals surface area (Å²) >= 11 is 4.81. The van der Waals surface area contributed by atoms with Crippen molar-refractivity contribution >= 4 is 37.5 Å². The van der Waals surface area contributed by atoms with E-state index in [1.807, 2.05) is 24.3 Å². The molecule has 3 rings (SSSR count). The van der Waals surface area contributed by atoms with E-state index in [0.717, 1.165) is 19.7 Å². The summed E-state index contributed by atoms with van der Waals surface area (Å²) in [6.45, 7) is 0. The Morgan fingerprint density at radius 3 is 2.85 bits per heavy atom. The van der Waals surface area contributed by atoms with Crippen LogP contribution in [0, 0.1) is 5.82 Å². The zero-order valence-electron chi connectivity index (χ0n) is 10.4. The number of halogens is 2. The maximum atomic E-state index is 13.7. The van der Waals surface area contributed by atoms with Gasteiger partial charge in [0.15, 0.2) is 0 Å². The first-order valence-electron chi connectivity index (χ1n) is 6.11. The zero-order chi connectivity index (χ0) is 14.1. The van der Waals surface area contributed by atoms with Gasteiger partial charge >= 0.3 is 0 Å². The lowest BCUT2D eigenvalue weighted by Crippen LogP contribution is -2.04. The van der Waals surface area contributed by atoms with Crippen molar-refractivity contribution in [1.29, 1.82) is 0 Å². The summed E-state index contributed by atoms with van der Waals surface area (Å²) in [4.78, 5) is 4.45. The Morgan fingerprint density at radius 1 is 1.25 bits per heavy atom. The summed E-state index contributed by atoms with van der Waals surface area (Å²) in [5.41, 5.74) is 1.20. The van der Waals surface area contributed by atoms with Crippen molar-refractivity contribution in [2.75, 3.05) is 0 Å². The van der Waals surface area contributed by atoms with E-state index >= 15 is 0 Å². The van der Waals surface area contributed by atoms with Crippen molar-refractivity contribution in [1.82, 2.24) is 4.98 Å². The highest BCUT2D eigenvalue weighted by molar-refractivity contribution is 9.10. The number of hydrogen-bond donors (Lipinski definition) is 1. The van der Waals surface area contributed by atoms with Crippen LogP contribution in [0.2, 0.25) is 0 Å². The summed E-state index contributed by atoms with van der Waals surface area (Å²) < 4.78 is 15.6. The van der Waals surface area contributed by atoms with Crippen LogP contribution in [-0.4, -0.2) is 10.1 Å². The van der Waals surface area contributed by atoms with E-state index in [2.05, 4.69) is 20.9 Å². The fourth-order valence-corrected chi connectivity index (χ4v) is 3.44. The molecule has 102 valence electrons. The largest absolute Gasteiger partial charge is 0.388 e. The number of aliphatic hydroxyl groups is 1. The highest BCUT2D eigenvalue weighted by Crippen LogP contribution is 2.28. The molecule has 0 aliphatic carbocycles. The number of aliphatic hydroxyl groups excluding tert-OH is 1. The molecule has 0 bridgehead atoms. The number of para-hydroxylation sites is 1. The van der Waals surface area contributed by atoms with Gasteiger partial charge in [-0.15, -0.1) is 11.3 Å². The molecular weight excluding hydrogens is 341 g/mol. The molecule has 0 radical (unpaired) electrons. The Kier molecular flexibility index (Phi) is 3.83. The monoisotopic (exact) mass is 351 g/mol. The Labute approximate surface area is 128 Å². The average Bonchev–Trinajstić information content (AvgIpc) is 2.83. The molecule has 1 atom stereocenters. The van der Waals surface area contributed by atoms with Crippen molar-refractivity contribution < 1.29 is 9.50 Å². The molecule has 20 heavy (non-hydrogen) atoms. The van der Waals surface area contributed by atoms with Crippen LogP contribution >= 0.6 is 27.3 Å². The summed E-state index contributed by atoms with van der Waals surface area (Å²) in [6.07, 6.45) is -0.583. The molecule has 0 saturated heterocycles. The van der Waals surface area contributed by atoms with Gasteiger partial charge in [-0.3, -0.25) is 0 Å². The summed E-state index contributed by atoms with van der Waals surface area (Å²) in [7, 11) is 0. The Morgan fingerprint density at radius 2 is 2.05 bits per heavy atom. The van der Waals surface area contributed by atoms with E-state index in [1.165, 1.54) is 17.4 Å². The second kappa shape index (κ2) is 5.60. The van der Waals surface area contributed by atoms with Gasteiger partial charge in [0.05, 0.1) is 21.3 Å². The third kappa shape index (κ3) is 2.75. The van der Waals surface area contributed by atoms with Crippen LogP contribution in [0.5, 0.6) is 0 Å². The zero-order valence-corrected chi connectivity index (χ0v) is 12.8. The first-order chi connectivity index (χ1) is 9.63. The number of rotatable bonds is 3. The number of aromatic nitrogens is 1. The molecule has 0 aliphatic heterocycles. The second-order valence-electron chi connectivity index (χ2n) is 4.46. The average molecular weight is 352 g/mol.